The number of thiazole rings is 1. The molecule has 2 heterocycles. The van der Waals surface area contributed by atoms with Gasteiger partial charge in [0.2, 0.25) is 5.16 Å². The number of hydrogen-bond acceptors (Lipinski definition) is 5. The number of halogens is 4. The van der Waals surface area contributed by atoms with Crippen molar-refractivity contribution in [1.82, 2.24) is 14.5 Å². The maximum absolute atomic E-state index is 14.2. The number of imidazole rings is 1. The predicted molar refractivity (Wildman–Crippen MR) is 129 cm³/mol. The molecule has 0 fully saturated rings. The summed E-state index contributed by atoms with van der Waals surface area (Å²) in [6.07, 6.45) is 2.52. The second-order valence-corrected chi connectivity index (χ2v) is 10.6. The van der Waals surface area contributed by atoms with Crippen LogP contribution in [0.1, 0.15) is 45.0 Å². The molecule has 0 N–H and O–H groups in total. The number of aryl methyl sites for hydroxylation is 3. The fourth-order valence-electron chi connectivity index (χ4n) is 3.77. The molecule has 0 radical (unpaired) electrons. The topological polar surface area (TPSA) is 64.8 Å². The van der Waals surface area contributed by atoms with E-state index in [1.807, 2.05) is 13.8 Å². The van der Waals surface area contributed by atoms with E-state index in [4.69, 9.17) is 0 Å². The molecule has 0 amide bonds. The lowest BCUT2D eigenvalue weighted by atomic mass is 10.1. The smallest absolute Gasteiger partial charge is 0.204 e. The van der Waals surface area contributed by atoms with Crippen LogP contribution in [0.3, 0.4) is 0 Å². The zero-order valence-corrected chi connectivity index (χ0v) is 21.0. The van der Waals surface area contributed by atoms with Crippen molar-refractivity contribution >= 4 is 27.9 Å². The molecule has 4 aromatic rings. The number of ketones is 1. The molecule has 2 aromatic heterocycles. The number of carbonyl (C=O) groups excluding carboxylic acids is 1. The van der Waals surface area contributed by atoms with E-state index in [0.29, 0.717) is 18.2 Å². The third kappa shape index (κ3) is 5.31. The maximum Gasteiger partial charge on any atom is 0.204 e. The first-order valence-corrected chi connectivity index (χ1v) is 13.2. The van der Waals surface area contributed by atoms with Crippen LogP contribution >= 0.6 is 11.3 Å². The van der Waals surface area contributed by atoms with E-state index in [2.05, 4.69) is 9.97 Å². The molecule has 2 aromatic carbocycles. The molecule has 36 heavy (non-hydrogen) atoms. The van der Waals surface area contributed by atoms with Crippen molar-refractivity contribution < 1.29 is 26.6 Å². The van der Waals surface area contributed by atoms with Gasteiger partial charge in [-0.1, -0.05) is 6.92 Å². The second kappa shape index (κ2) is 10.8. The number of aromatic nitrogens is 3. The Labute approximate surface area is 211 Å². The average molecular weight is 536 g/mol. The average Bonchev–Trinajstić information content (AvgIpc) is 3.46. The fraction of sp³-hybridized carbons (Fsp3) is 0.240. The summed E-state index contributed by atoms with van der Waals surface area (Å²) in [4.78, 5) is 22.8. The normalized spacial score (nSPS) is 12.2. The van der Waals surface area contributed by atoms with Gasteiger partial charge in [-0.05, 0) is 56.2 Å². The molecule has 0 saturated heterocycles. The zero-order chi connectivity index (χ0) is 26.0. The van der Waals surface area contributed by atoms with Crippen LogP contribution in [0.15, 0.2) is 47.8 Å². The van der Waals surface area contributed by atoms with E-state index < -0.39 is 45.4 Å². The Hall–Kier alpha value is -3.18. The van der Waals surface area contributed by atoms with Gasteiger partial charge in [0.15, 0.2) is 17.4 Å². The van der Waals surface area contributed by atoms with Crippen LogP contribution in [-0.2, 0) is 29.4 Å². The number of benzene rings is 2. The van der Waals surface area contributed by atoms with E-state index in [9.17, 15) is 26.6 Å². The van der Waals surface area contributed by atoms with E-state index in [-0.39, 0.29) is 23.1 Å². The summed E-state index contributed by atoms with van der Waals surface area (Å²) in [6.45, 7) is 3.87. The highest BCUT2D eigenvalue weighted by molar-refractivity contribution is 7.84. The molecule has 188 valence electrons. The van der Waals surface area contributed by atoms with Crippen LogP contribution in [0, 0.1) is 30.2 Å². The molecule has 0 spiro atoms. The van der Waals surface area contributed by atoms with Gasteiger partial charge in [-0.2, -0.15) is 0 Å². The minimum atomic E-state index is -2.17. The molecular weight excluding hydrogens is 514 g/mol. The van der Waals surface area contributed by atoms with Crippen LogP contribution < -0.4 is 0 Å². The Balaban J connectivity index is 1.69. The van der Waals surface area contributed by atoms with Gasteiger partial charge in [-0.3, -0.25) is 13.6 Å². The van der Waals surface area contributed by atoms with Crippen molar-refractivity contribution in [3.63, 3.8) is 0 Å². The van der Waals surface area contributed by atoms with Gasteiger partial charge in [0.1, 0.15) is 17.3 Å². The number of carbonyl (C=O) groups is 1. The van der Waals surface area contributed by atoms with Crippen LogP contribution in [-0.4, -0.2) is 24.5 Å². The molecular formula is C25H21F4N3O2S2. The molecule has 0 bridgehead atoms. The Morgan fingerprint density at radius 2 is 1.75 bits per heavy atom. The lowest BCUT2D eigenvalue weighted by molar-refractivity contribution is 0.0976. The van der Waals surface area contributed by atoms with Gasteiger partial charge >= 0.3 is 0 Å². The lowest BCUT2D eigenvalue weighted by Crippen LogP contribution is -2.13. The molecule has 0 aliphatic heterocycles. The minimum Gasteiger partial charge on any atom is -0.292 e. The van der Waals surface area contributed by atoms with Crippen LogP contribution in [0.25, 0.3) is 5.69 Å². The summed E-state index contributed by atoms with van der Waals surface area (Å²) in [5, 5.41) is 0.732. The monoisotopic (exact) mass is 535 g/mol. The number of rotatable bonds is 9. The Kier molecular flexibility index (Phi) is 7.79. The van der Waals surface area contributed by atoms with Gasteiger partial charge in [0, 0.05) is 22.5 Å². The number of nitrogens with zero attached hydrogens (tertiary/aromatic N) is 3. The van der Waals surface area contributed by atoms with Crippen molar-refractivity contribution in [2.24, 2.45) is 0 Å². The third-order valence-corrected chi connectivity index (χ3v) is 7.84. The highest BCUT2D eigenvalue weighted by Gasteiger charge is 2.25. The summed E-state index contributed by atoms with van der Waals surface area (Å²) in [5.41, 5.74) is 0.619. The van der Waals surface area contributed by atoms with Gasteiger partial charge in [-0.15, -0.1) is 11.3 Å². The largest absolute Gasteiger partial charge is 0.292 e. The van der Waals surface area contributed by atoms with Gasteiger partial charge in [0.05, 0.1) is 33.5 Å². The lowest BCUT2D eigenvalue weighted by Gasteiger charge is -2.12. The van der Waals surface area contributed by atoms with E-state index >= 15 is 0 Å². The molecule has 5 nitrogen and oxygen atoms in total. The SMILES string of the molecule is CCc1nc(C)sc1CCC(=O)c1cnc(S(=O)Cc2c(F)ccc(F)c2F)n1-c1ccc(F)cc1. The van der Waals surface area contributed by atoms with Crippen molar-refractivity contribution in [3.05, 3.63) is 92.7 Å². The Bertz CT molecular complexity index is 1450. The van der Waals surface area contributed by atoms with Crippen LogP contribution in [0.2, 0.25) is 0 Å². The van der Waals surface area contributed by atoms with Crippen molar-refractivity contribution in [3.8, 4) is 5.69 Å². The summed E-state index contributed by atoms with van der Waals surface area (Å²) in [6, 6.07) is 6.46. The van der Waals surface area contributed by atoms with Gasteiger partial charge in [-0.25, -0.2) is 27.5 Å². The first kappa shape index (κ1) is 25.9. The second-order valence-electron chi connectivity index (χ2n) is 7.93. The molecule has 0 saturated carbocycles. The Morgan fingerprint density at radius 3 is 2.44 bits per heavy atom. The first-order chi connectivity index (χ1) is 17.2. The molecule has 1 atom stereocenters. The number of hydrogen-bond donors (Lipinski definition) is 0. The standard InChI is InChI=1S/C25H21F4N3O2S2/c1-3-20-23(35-14(2)31-20)11-10-22(33)21-12-30-25(32(21)16-6-4-15(26)5-7-16)36(34)13-17-18(27)8-9-19(28)24(17)29/h4-9,12H,3,10-11,13H2,1-2H3. The molecule has 4 rings (SSSR count). The summed E-state index contributed by atoms with van der Waals surface area (Å²) < 4.78 is 70.0. The summed E-state index contributed by atoms with van der Waals surface area (Å²) >= 11 is 1.52. The Morgan fingerprint density at radius 1 is 1.06 bits per heavy atom. The van der Waals surface area contributed by atoms with Crippen LogP contribution in [0.4, 0.5) is 17.6 Å². The summed E-state index contributed by atoms with van der Waals surface area (Å²) in [7, 11) is -2.17. The zero-order valence-electron chi connectivity index (χ0n) is 19.4. The van der Waals surface area contributed by atoms with E-state index in [1.165, 1.54) is 34.2 Å². The molecule has 0 aliphatic carbocycles. The van der Waals surface area contributed by atoms with Gasteiger partial charge in [0.25, 0.3) is 0 Å². The fourth-order valence-corrected chi connectivity index (χ4v) is 6.03. The molecule has 0 aliphatic rings. The highest BCUT2D eigenvalue weighted by atomic mass is 32.2. The molecule has 11 heteroatoms. The van der Waals surface area contributed by atoms with Crippen molar-refractivity contribution in [2.75, 3.05) is 0 Å². The highest BCUT2D eigenvalue weighted by Crippen LogP contribution is 2.25. The van der Waals surface area contributed by atoms with E-state index in [1.54, 1.807) is 0 Å². The predicted octanol–water partition coefficient (Wildman–Crippen LogP) is 5.88. The maximum atomic E-state index is 14.2. The van der Waals surface area contributed by atoms with E-state index in [0.717, 1.165) is 40.2 Å². The van der Waals surface area contributed by atoms with Crippen LogP contribution in [0.5, 0.6) is 0 Å². The first-order valence-electron chi connectivity index (χ1n) is 11.0. The van der Waals surface area contributed by atoms with Gasteiger partial charge < -0.3 is 0 Å². The minimum absolute atomic E-state index is 0.0874. The summed E-state index contributed by atoms with van der Waals surface area (Å²) in [5.74, 6) is -5.30. The quantitative estimate of drug-likeness (QED) is 0.153. The molecule has 1 unspecified atom stereocenters. The van der Waals surface area contributed by atoms with Crippen molar-refractivity contribution in [2.45, 2.75) is 44.0 Å². The third-order valence-electron chi connectivity index (χ3n) is 5.52. The number of Topliss-reactive ketones (excluding diaryl/α,β-unsaturated/α-hetero) is 1. The van der Waals surface area contributed by atoms with Crippen molar-refractivity contribution in [1.29, 1.82) is 0 Å².